The molecular weight excluding hydrogens is 450 g/mol. The Morgan fingerprint density at radius 1 is 1.06 bits per heavy atom. The van der Waals surface area contributed by atoms with Crippen LogP contribution in [0.15, 0.2) is 59.3 Å². The number of amides is 2. The van der Waals surface area contributed by atoms with Crippen LogP contribution >= 0.6 is 0 Å². The Hall–Kier alpha value is -4.14. The van der Waals surface area contributed by atoms with E-state index in [0.717, 1.165) is 41.5 Å². The number of fused-ring (bicyclic) bond motifs is 3. The molecule has 35 heavy (non-hydrogen) atoms. The summed E-state index contributed by atoms with van der Waals surface area (Å²) in [4.78, 5) is 40.1. The van der Waals surface area contributed by atoms with E-state index in [1.165, 1.54) is 0 Å². The fourth-order valence-electron chi connectivity index (χ4n) is 4.64. The molecule has 5 rings (SSSR count). The molecule has 0 radical (unpaired) electrons. The van der Waals surface area contributed by atoms with Crippen molar-refractivity contribution in [1.82, 2.24) is 15.6 Å². The molecule has 1 aromatic heterocycles. The van der Waals surface area contributed by atoms with Gasteiger partial charge in [-0.15, -0.1) is 0 Å². The summed E-state index contributed by atoms with van der Waals surface area (Å²) in [6, 6.07) is 15.7. The Balaban J connectivity index is 1.18. The normalized spacial score (nSPS) is 15.1. The maximum atomic E-state index is 12.7. The predicted octanol–water partition coefficient (Wildman–Crippen LogP) is 3.70. The van der Waals surface area contributed by atoms with Gasteiger partial charge in [0.2, 0.25) is 0 Å². The van der Waals surface area contributed by atoms with Gasteiger partial charge in [-0.2, -0.15) is 0 Å². The average molecular weight is 476 g/mol. The number of carbonyl (C=O) groups is 3. The summed E-state index contributed by atoms with van der Waals surface area (Å²) in [5, 5.41) is 14.4. The van der Waals surface area contributed by atoms with Crippen molar-refractivity contribution in [1.29, 1.82) is 0 Å². The lowest BCUT2D eigenvalue weighted by Gasteiger charge is -2.16. The second kappa shape index (κ2) is 9.61. The van der Waals surface area contributed by atoms with E-state index in [4.69, 9.17) is 14.3 Å². The molecule has 180 valence electrons. The van der Waals surface area contributed by atoms with Crippen LogP contribution in [0.25, 0.3) is 11.1 Å². The minimum atomic E-state index is -0.973. The number of carboxylic acid groups (broad SMARTS) is 1. The Kier molecular flexibility index (Phi) is 6.22. The van der Waals surface area contributed by atoms with Gasteiger partial charge in [0.25, 0.3) is 5.91 Å². The summed E-state index contributed by atoms with van der Waals surface area (Å²) in [6.45, 7) is 0.0777. The summed E-state index contributed by atoms with van der Waals surface area (Å²) in [6.07, 6.45) is 2.09. The highest BCUT2D eigenvalue weighted by Gasteiger charge is 2.35. The number of nitrogens with zero attached hydrogens (tertiary/aromatic N) is 1. The van der Waals surface area contributed by atoms with Crippen LogP contribution in [0.3, 0.4) is 0 Å². The van der Waals surface area contributed by atoms with Crippen LogP contribution in [0.5, 0.6) is 0 Å². The van der Waals surface area contributed by atoms with Crippen LogP contribution in [-0.2, 0) is 16.1 Å². The zero-order valence-corrected chi connectivity index (χ0v) is 18.9. The van der Waals surface area contributed by atoms with Gasteiger partial charge in [0.15, 0.2) is 17.8 Å². The third-order valence-corrected chi connectivity index (χ3v) is 6.49. The molecule has 0 saturated heterocycles. The van der Waals surface area contributed by atoms with Gasteiger partial charge in [-0.1, -0.05) is 48.5 Å². The molecule has 9 nitrogen and oxygen atoms in total. The number of aromatic nitrogens is 1. The van der Waals surface area contributed by atoms with E-state index in [2.05, 4.69) is 27.8 Å². The average Bonchev–Trinajstić information content (AvgIpc) is 3.51. The maximum Gasteiger partial charge on any atom is 0.407 e. The van der Waals surface area contributed by atoms with Crippen molar-refractivity contribution in [2.75, 3.05) is 6.61 Å². The van der Waals surface area contributed by atoms with Crippen LogP contribution in [0, 0.1) is 5.92 Å². The van der Waals surface area contributed by atoms with Gasteiger partial charge in [0.05, 0.1) is 13.0 Å². The number of benzene rings is 2. The third-order valence-electron chi connectivity index (χ3n) is 6.49. The molecule has 1 unspecified atom stereocenters. The van der Waals surface area contributed by atoms with E-state index in [-0.39, 0.29) is 42.9 Å². The largest absolute Gasteiger partial charge is 0.481 e. The Bertz CT molecular complexity index is 1220. The highest BCUT2D eigenvalue weighted by molar-refractivity contribution is 5.93. The number of carbonyl (C=O) groups excluding carboxylic acids is 2. The van der Waals surface area contributed by atoms with Crippen LogP contribution in [0.2, 0.25) is 0 Å². The van der Waals surface area contributed by atoms with E-state index < -0.39 is 24.0 Å². The second-order valence-corrected chi connectivity index (χ2v) is 8.82. The lowest BCUT2D eigenvalue weighted by atomic mass is 9.98. The van der Waals surface area contributed by atoms with Gasteiger partial charge >= 0.3 is 12.1 Å². The smallest absolute Gasteiger partial charge is 0.407 e. The van der Waals surface area contributed by atoms with Crippen molar-refractivity contribution in [2.24, 2.45) is 5.92 Å². The zero-order valence-electron chi connectivity index (χ0n) is 18.9. The quantitative estimate of drug-likeness (QED) is 0.430. The number of hydrogen-bond acceptors (Lipinski definition) is 6. The van der Waals surface area contributed by atoms with Gasteiger partial charge < -0.3 is 24.9 Å². The molecule has 1 fully saturated rings. The Morgan fingerprint density at radius 3 is 2.34 bits per heavy atom. The number of rotatable bonds is 9. The maximum absolute atomic E-state index is 12.7. The number of carboxylic acids is 1. The molecule has 9 heteroatoms. The van der Waals surface area contributed by atoms with Crippen LogP contribution in [-0.4, -0.2) is 40.7 Å². The fourth-order valence-corrected chi connectivity index (χ4v) is 4.64. The number of alkyl carbamates (subject to hydrolysis) is 1. The number of ether oxygens (including phenoxy) is 1. The molecule has 3 aromatic rings. The fraction of sp³-hybridized carbons (Fsp3) is 0.308. The zero-order chi connectivity index (χ0) is 24.4. The van der Waals surface area contributed by atoms with Gasteiger partial charge in [0.1, 0.15) is 6.61 Å². The van der Waals surface area contributed by atoms with Crippen LogP contribution in [0.4, 0.5) is 4.79 Å². The van der Waals surface area contributed by atoms with Gasteiger partial charge in [-0.3, -0.25) is 9.59 Å². The number of nitrogens with one attached hydrogen (secondary N) is 2. The van der Waals surface area contributed by atoms with Crippen molar-refractivity contribution in [2.45, 2.75) is 37.8 Å². The SMILES string of the molecule is O=C(O)CC(NC(=O)c1ncoc1CNC(=O)OCC1c2ccccc2-c2ccccc21)C1CC1. The first-order valence-corrected chi connectivity index (χ1v) is 11.5. The number of oxazole rings is 1. The Labute approximate surface area is 201 Å². The summed E-state index contributed by atoms with van der Waals surface area (Å²) < 4.78 is 10.8. The van der Waals surface area contributed by atoms with Crippen LogP contribution < -0.4 is 10.6 Å². The van der Waals surface area contributed by atoms with Crippen molar-refractivity contribution < 1.29 is 28.6 Å². The van der Waals surface area contributed by atoms with Gasteiger partial charge in [0, 0.05) is 12.0 Å². The molecular formula is C26H25N3O6. The minimum Gasteiger partial charge on any atom is -0.481 e. The van der Waals surface area contributed by atoms with Crippen molar-refractivity contribution in [3.63, 3.8) is 0 Å². The van der Waals surface area contributed by atoms with E-state index >= 15 is 0 Å². The highest BCUT2D eigenvalue weighted by atomic mass is 16.5. The molecule has 2 amide bonds. The summed E-state index contributed by atoms with van der Waals surface area (Å²) in [5.74, 6) is -1.24. The van der Waals surface area contributed by atoms with Crippen molar-refractivity contribution in [3.8, 4) is 11.1 Å². The standard InChI is InChI=1S/C26H25N3O6/c30-23(31)11-21(15-9-10-15)29-25(32)24-22(35-14-28-24)12-27-26(33)34-13-20-18-7-3-1-5-16(18)17-6-2-4-8-19(17)20/h1-8,14-15,20-21H,9-13H2,(H,27,33)(H,29,32)(H,30,31). The van der Waals surface area contributed by atoms with Gasteiger partial charge in [-0.25, -0.2) is 9.78 Å². The molecule has 0 bridgehead atoms. The van der Waals surface area contributed by atoms with Crippen molar-refractivity contribution >= 4 is 18.0 Å². The van der Waals surface area contributed by atoms with E-state index in [1.54, 1.807) is 0 Å². The monoisotopic (exact) mass is 475 g/mol. The lowest BCUT2D eigenvalue weighted by molar-refractivity contribution is -0.137. The molecule has 0 aliphatic heterocycles. The predicted molar refractivity (Wildman–Crippen MR) is 125 cm³/mol. The number of hydrogen-bond donors (Lipinski definition) is 3. The molecule has 2 aliphatic carbocycles. The molecule has 1 atom stereocenters. The van der Waals surface area contributed by atoms with Gasteiger partial charge in [-0.05, 0) is 41.0 Å². The van der Waals surface area contributed by atoms with E-state index in [0.29, 0.717) is 0 Å². The third kappa shape index (κ3) is 4.89. The topological polar surface area (TPSA) is 131 Å². The second-order valence-electron chi connectivity index (χ2n) is 8.82. The summed E-state index contributed by atoms with van der Waals surface area (Å²) in [5.41, 5.74) is 4.52. The highest BCUT2D eigenvalue weighted by Crippen LogP contribution is 2.44. The first-order valence-electron chi connectivity index (χ1n) is 11.5. The van der Waals surface area contributed by atoms with E-state index in [1.807, 2.05) is 36.4 Å². The first-order chi connectivity index (χ1) is 17.0. The van der Waals surface area contributed by atoms with Crippen LogP contribution in [0.1, 0.15) is 52.6 Å². The van der Waals surface area contributed by atoms with E-state index in [9.17, 15) is 14.4 Å². The van der Waals surface area contributed by atoms with Crippen molar-refractivity contribution in [3.05, 3.63) is 77.5 Å². The molecule has 3 N–H and O–H groups in total. The Morgan fingerprint density at radius 2 is 1.71 bits per heavy atom. The molecule has 1 heterocycles. The first kappa shape index (κ1) is 22.6. The number of aliphatic carboxylic acids is 1. The molecule has 0 spiro atoms. The molecule has 1 saturated carbocycles. The summed E-state index contributed by atoms with van der Waals surface area (Å²) in [7, 11) is 0. The minimum absolute atomic E-state index is 0.0139. The lowest BCUT2D eigenvalue weighted by Crippen LogP contribution is -2.39. The molecule has 2 aromatic carbocycles. The summed E-state index contributed by atoms with van der Waals surface area (Å²) >= 11 is 0. The molecule has 2 aliphatic rings.